The Balaban J connectivity index is -0.000000653. The van der Waals surface area contributed by atoms with Gasteiger partial charge in [0, 0.05) is 25.8 Å². The molecule has 0 atom stereocenters. The zero-order valence-corrected chi connectivity index (χ0v) is 15.0. The third kappa shape index (κ3) is 6.59. The molecule has 0 saturated heterocycles. The number of hydrogen-bond acceptors (Lipinski definition) is 0. The minimum Gasteiger partial charge on any atom is -1.00 e. The van der Waals surface area contributed by atoms with Crippen molar-refractivity contribution in [1.82, 2.24) is 0 Å². The van der Waals surface area contributed by atoms with Crippen LogP contribution in [0.1, 0.15) is 25.7 Å². The summed E-state index contributed by atoms with van der Waals surface area (Å²) in [5, 5.41) is 0. The molecule has 0 aromatic heterocycles. The van der Waals surface area contributed by atoms with Crippen LogP contribution in [0, 0.1) is 6.08 Å². The summed E-state index contributed by atoms with van der Waals surface area (Å²) in [6.07, 6.45) is 13.0. The van der Waals surface area contributed by atoms with Gasteiger partial charge in [-0.25, -0.2) is 5.57 Å². The van der Waals surface area contributed by atoms with Gasteiger partial charge in [-0.15, -0.1) is 32.2 Å². The quantitative estimate of drug-likeness (QED) is 0.262. The van der Waals surface area contributed by atoms with Crippen molar-refractivity contribution in [2.45, 2.75) is 25.7 Å². The van der Waals surface area contributed by atoms with Crippen LogP contribution in [0.15, 0.2) is 54.7 Å². The molecule has 0 amide bonds. The fourth-order valence-corrected chi connectivity index (χ4v) is 1.76. The first kappa shape index (κ1) is 22.3. The van der Waals surface area contributed by atoms with Crippen molar-refractivity contribution in [2.75, 3.05) is 0 Å². The Labute approximate surface area is 136 Å². The zero-order valence-electron chi connectivity index (χ0n) is 9.94. The second kappa shape index (κ2) is 12.6. The average molecular weight is 435 g/mol. The largest absolute Gasteiger partial charge is 1.00 e. The molecule has 0 unspecified atom stereocenters. The van der Waals surface area contributed by atoms with Gasteiger partial charge in [0.05, 0.1) is 0 Å². The van der Waals surface area contributed by atoms with E-state index in [4.69, 9.17) is 0 Å². The van der Waals surface area contributed by atoms with Crippen molar-refractivity contribution >= 4 is 0 Å². The number of hydrogen-bond donors (Lipinski definition) is 0. The first-order valence-corrected chi connectivity index (χ1v) is 4.97. The second-order valence-electron chi connectivity index (χ2n) is 3.39. The van der Waals surface area contributed by atoms with Gasteiger partial charge in [0.25, 0.3) is 0 Å². The number of rotatable bonds is 6. The molecular formula is C14H17Cl2Hf-3. The van der Waals surface area contributed by atoms with E-state index in [-0.39, 0.29) is 50.7 Å². The molecule has 0 spiro atoms. The standard InChI is InChI=1S/C14H17.2ClH.Hf/c1-4-7-12-10-11-13(8-5-2)14(12)9-6-3;;;/h4-6H,1-3,7-10H2;2*1H;/q-1;;;/p-2. The zero-order chi connectivity index (χ0) is 10.4. The monoisotopic (exact) mass is 435 g/mol. The maximum Gasteiger partial charge on any atom is 0 e. The first-order valence-electron chi connectivity index (χ1n) is 4.97. The molecule has 0 nitrogen and oxygen atoms in total. The fourth-order valence-electron chi connectivity index (χ4n) is 1.76. The van der Waals surface area contributed by atoms with E-state index in [1.165, 1.54) is 16.7 Å². The Hall–Kier alpha value is 0.150. The summed E-state index contributed by atoms with van der Waals surface area (Å²) in [4.78, 5) is 0. The van der Waals surface area contributed by atoms with Gasteiger partial charge in [-0.3, -0.25) is 6.08 Å². The maximum atomic E-state index is 3.79. The first-order chi connectivity index (χ1) is 6.83. The van der Waals surface area contributed by atoms with Crippen LogP contribution in [-0.2, 0) is 25.8 Å². The van der Waals surface area contributed by atoms with Crippen LogP contribution in [-0.4, -0.2) is 0 Å². The molecule has 0 heterocycles. The van der Waals surface area contributed by atoms with E-state index in [1.54, 1.807) is 0 Å². The molecular weight excluding hydrogens is 418 g/mol. The van der Waals surface area contributed by atoms with E-state index < -0.39 is 0 Å². The molecule has 0 N–H and O–H groups in total. The van der Waals surface area contributed by atoms with E-state index in [2.05, 4.69) is 25.8 Å². The molecule has 17 heavy (non-hydrogen) atoms. The normalized spacial score (nSPS) is 12.6. The van der Waals surface area contributed by atoms with Crippen LogP contribution >= 0.6 is 0 Å². The summed E-state index contributed by atoms with van der Waals surface area (Å²) in [5.74, 6) is 0. The Morgan fingerprint density at radius 2 is 1.47 bits per heavy atom. The van der Waals surface area contributed by atoms with Gasteiger partial charge in [-0.2, -0.15) is 11.1 Å². The molecule has 0 bridgehead atoms. The van der Waals surface area contributed by atoms with Crippen LogP contribution in [0.3, 0.4) is 0 Å². The molecule has 1 aliphatic rings. The van der Waals surface area contributed by atoms with Gasteiger partial charge >= 0.3 is 0 Å². The Kier molecular flexibility index (Phi) is 16.6. The summed E-state index contributed by atoms with van der Waals surface area (Å²) in [7, 11) is 0. The Morgan fingerprint density at radius 3 is 1.94 bits per heavy atom. The van der Waals surface area contributed by atoms with Crippen LogP contribution in [0.4, 0.5) is 0 Å². The van der Waals surface area contributed by atoms with Gasteiger partial charge in [0.2, 0.25) is 0 Å². The maximum absolute atomic E-state index is 3.79. The van der Waals surface area contributed by atoms with E-state index in [1.807, 2.05) is 18.2 Å². The molecule has 1 rings (SSSR count). The molecule has 0 aliphatic heterocycles. The smallest absolute Gasteiger partial charge is 0 e. The van der Waals surface area contributed by atoms with Crippen molar-refractivity contribution < 1.29 is 50.7 Å². The molecule has 0 saturated carbocycles. The fraction of sp³-hybridized carbons (Fsp3) is 0.286. The van der Waals surface area contributed by atoms with E-state index in [9.17, 15) is 0 Å². The van der Waals surface area contributed by atoms with Gasteiger partial charge in [0.1, 0.15) is 0 Å². The molecule has 0 aromatic rings. The third-order valence-electron chi connectivity index (χ3n) is 2.39. The molecule has 3 heteroatoms. The van der Waals surface area contributed by atoms with E-state index in [0.29, 0.717) is 0 Å². The molecule has 0 aromatic carbocycles. The predicted octanol–water partition coefficient (Wildman–Crippen LogP) is -1.85. The SMILES string of the molecule is C=CCC1=[C-]CC(CC=C)=C1CC=C.[Cl-].[Cl-].[Hf]. The summed E-state index contributed by atoms with van der Waals surface area (Å²) >= 11 is 0. The van der Waals surface area contributed by atoms with Crippen molar-refractivity contribution in [3.05, 3.63) is 60.8 Å². The van der Waals surface area contributed by atoms with Crippen molar-refractivity contribution in [2.24, 2.45) is 0 Å². The van der Waals surface area contributed by atoms with Crippen molar-refractivity contribution in [3.63, 3.8) is 0 Å². The van der Waals surface area contributed by atoms with Crippen molar-refractivity contribution in [3.8, 4) is 0 Å². The van der Waals surface area contributed by atoms with Crippen LogP contribution in [0.5, 0.6) is 0 Å². The third-order valence-corrected chi connectivity index (χ3v) is 2.39. The molecule has 94 valence electrons. The topological polar surface area (TPSA) is 0 Å². The van der Waals surface area contributed by atoms with Gasteiger partial charge in [-0.1, -0.05) is 18.6 Å². The Morgan fingerprint density at radius 1 is 0.941 bits per heavy atom. The van der Waals surface area contributed by atoms with Crippen molar-refractivity contribution in [1.29, 1.82) is 0 Å². The predicted molar refractivity (Wildman–Crippen MR) is 62.8 cm³/mol. The minimum absolute atomic E-state index is 0. The summed E-state index contributed by atoms with van der Waals surface area (Å²) in [6, 6.07) is 0. The summed E-state index contributed by atoms with van der Waals surface area (Å²) in [5.41, 5.74) is 4.15. The average Bonchev–Trinajstić information content (AvgIpc) is 2.52. The Bertz CT molecular complexity index is 314. The number of allylic oxidation sites excluding steroid dienone is 7. The van der Waals surface area contributed by atoms with E-state index in [0.717, 1.165) is 25.7 Å². The van der Waals surface area contributed by atoms with Crippen LogP contribution in [0.2, 0.25) is 0 Å². The molecule has 1 aliphatic carbocycles. The summed E-state index contributed by atoms with van der Waals surface area (Å²) < 4.78 is 0. The second-order valence-corrected chi connectivity index (χ2v) is 3.39. The number of halogens is 2. The van der Waals surface area contributed by atoms with Gasteiger partial charge < -0.3 is 24.8 Å². The van der Waals surface area contributed by atoms with E-state index >= 15 is 0 Å². The molecule has 0 radical (unpaired) electrons. The van der Waals surface area contributed by atoms with Crippen LogP contribution < -0.4 is 24.8 Å². The summed E-state index contributed by atoms with van der Waals surface area (Å²) in [6.45, 7) is 11.3. The van der Waals surface area contributed by atoms with Crippen LogP contribution in [0.25, 0.3) is 0 Å². The minimum atomic E-state index is 0. The van der Waals surface area contributed by atoms with Gasteiger partial charge in [0.15, 0.2) is 0 Å². The molecule has 0 fully saturated rings. The van der Waals surface area contributed by atoms with Gasteiger partial charge in [-0.05, 0) is 12.8 Å².